The van der Waals surface area contributed by atoms with Gasteiger partial charge in [-0.3, -0.25) is 14.6 Å². The largest absolute Gasteiger partial charge is 0.392 e. The van der Waals surface area contributed by atoms with Gasteiger partial charge in [0, 0.05) is 0 Å². The first-order valence-corrected chi connectivity index (χ1v) is 6.60. The molecular formula is C16H17NO4. The SMILES string of the molecule is CC1=CC(=O)C(C)(O)C(=O)C1=NCc1ccccc1CO. The molecule has 0 spiro atoms. The van der Waals surface area contributed by atoms with E-state index in [1.165, 1.54) is 13.0 Å². The molecule has 21 heavy (non-hydrogen) atoms. The van der Waals surface area contributed by atoms with Crippen LogP contribution < -0.4 is 0 Å². The molecule has 0 aliphatic heterocycles. The molecule has 0 heterocycles. The van der Waals surface area contributed by atoms with E-state index in [2.05, 4.69) is 4.99 Å². The number of aliphatic hydroxyl groups excluding tert-OH is 1. The Labute approximate surface area is 122 Å². The fraction of sp³-hybridized carbons (Fsp3) is 0.312. The summed E-state index contributed by atoms with van der Waals surface area (Å²) in [4.78, 5) is 28.0. The molecular weight excluding hydrogens is 270 g/mol. The van der Waals surface area contributed by atoms with Gasteiger partial charge >= 0.3 is 0 Å². The summed E-state index contributed by atoms with van der Waals surface area (Å²) in [6, 6.07) is 7.22. The van der Waals surface area contributed by atoms with Crippen molar-refractivity contribution in [1.82, 2.24) is 0 Å². The number of allylic oxidation sites excluding steroid dienone is 1. The van der Waals surface area contributed by atoms with Crippen LogP contribution in [-0.4, -0.2) is 33.1 Å². The Morgan fingerprint density at radius 3 is 2.43 bits per heavy atom. The number of aliphatic hydroxyl groups is 2. The van der Waals surface area contributed by atoms with Crippen molar-refractivity contribution < 1.29 is 19.8 Å². The topological polar surface area (TPSA) is 87.0 Å². The Hall–Kier alpha value is -2.11. The third kappa shape index (κ3) is 2.84. The zero-order chi connectivity index (χ0) is 15.6. The first kappa shape index (κ1) is 15.3. The molecule has 0 fully saturated rings. The predicted molar refractivity (Wildman–Crippen MR) is 77.9 cm³/mol. The smallest absolute Gasteiger partial charge is 0.220 e. The molecule has 0 amide bonds. The van der Waals surface area contributed by atoms with Crippen LogP contribution in [0, 0.1) is 0 Å². The Morgan fingerprint density at radius 1 is 1.19 bits per heavy atom. The van der Waals surface area contributed by atoms with Gasteiger partial charge in [0.2, 0.25) is 5.78 Å². The number of benzene rings is 1. The van der Waals surface area contributed by atoms with Crippen molar-refractivity contribution in [2.24, 2.45) is 4.99 Å². The van der Waals surface area contributed by atoms with E-state index >= 15 is 0 Å². The fourth-order valence-corrected chi connectivity index (χ4v) is 2.15. The highest BCUT2D eigenvalue weighted by molar-refractivity contribution is 6.54. The van der Waals surface area contributed by atoms with E-state index in [1.54, 1.807) is 13.0 Å². The monoisotopic (exact) mass is 287 g/mol. The second-order valence-corrected chi connectivity index (χ2v) is 5.18. The molecule has 1 aromatic carbocycles. The Morgan fingerprint density at radius 2 is 1.81 bits per heavy atom. The van der Waals surface area contributed by atoms with E-state index in [4.69, 9.17) is 0 Å². The van der Waals surface area contributed by atoms with Crippen LogP contribution >= 0.6 is 0 Å². The number of ketones is 2. The van der Waals surface area contributed by atoms with Gasteiger partial charge in [0.05, 0.1) is 13.2 Å². The number of carbonyl (C=O) groups excluding carboxylic acids is 2. The van der Waals surface area contributed by atoms with Crippen LogP contribution in [0.1, 0.15) is 25.0 Å². The Kier molecular flexibility index (Phi) is 4.16. The number of carbonyl (C=O) groups is 2. The van der Waals surface area contributed by atoms with Gasteiger partial charge in [0.15, 0.2) is 11.4 Å². The molecule has 0 aromatic heterocycles. The van der Waals surface area contributed by atoms with E-state index in [9.17, 15) is 19.8 Å². The molecule has 1 atom stereocenters. The van der Waals surface area contributed by atoms with Gasteiger partial charge in [-0.2, -0.15) is 0 Å². The first-order chi connectivity index (χ1) is 9.87. The van der Waals surface area contributed by atoms with Crippen molar-refractivity contribution in [3.8, 4) is 0 Å². The lowest BCUT2D eigenvalue weighted by Gasteiger charge is -2.24. The van der Waals surface area contributed by atoms with Crippen molar-refractivity contribution in [1.29, 1.82) is 0 Å². The summed E-state index contributed by atoms with van der Waals surface area (Å²) < 4.78 is 0. The molecule has 1 aliphatic carbocycles. The molecule has 1 aliphatic rings. The minimum absolute atomic E-state index is 0.104. The lowest BCUT2D eigenvalue weighted by Crippen LogP contribution is -2.50. The van der Waals surface area contributed by atoms with Gasteiger partial charge in [0.25, 0.3) is 0 Å². The lowest BCUT2D eigenvalue weighted by molar-refractivity contribution is -0.142. The molecule has 5 nitrogen and oxygen atoms in total. The minimum atomic E-state index is -2.05. The quantitative estimate of drug-likeness (QED) is 0.811. The average molecular weight is 287 g/mol. The summed E-state index contributed by atoms with van der Waals surface area (Å²) in [5, 5.41) is 19.2. The minimum Gasteiger partial charge on any atom is -0.392 e. The molecule has 0 saturated carbocycles. The highest BCUT2D eigenvalue weighted by atomic mass is 16.3. The van der Waals surface area contributed by atoms with Gasteiger partial charge in [-0.1, -0.05) is 24.3 Å². The van der Waals surface area contributed by atoms with Crippen LogP contribution in [0.3, 0.4) is 0 Å². The summed E-state index contributed by atoms with van der Waals surface area (Å²) in [6.45, 7) is 2.88. The highest BCUT2D eigenvalue weighted by Crippen LogP contribution is 2.20. The van der Waals surface area contributed by atoms with Crippen molar-refractivity contribution in [3.63, 3.8) is 0 Å². The van der Waals surface area contributed by atoms with Gasteiger partial charge in [-0.05, 0) is 36.6 Å². The van der Waals surface area contributed by atoms with E-state index < -0.39 is 17.2 Å². The van der Waals surface area contributed by atoms with E-state index in [1.807, 2.05) is 18.2 Å². The number of aliphatic imine (C=N–C) groups is 1. The summed E-state index contributed by atoms with van der Waals surface area (Å²) in [7, 11) is 0. The van der Waals surface area contributed by atoms with Crippen LogP contribution in [0.15, 0.2) is 40.9 Å². The molecule has 2 rings (SSSR count). The summed E-state index contributed by atoms with van der Waals surface area (Å²) in [6.07, 6.45) is 1.23. The van der Waals surface area contributed by atoms with Crippen LogP contribution in [0.4, 0.5) is 0 Å². The van der Waals surface area contributed by atoms with Crippen molar-refractivity contribution >= 4 is 17.3 Å². The van der Waals surface area contributed by atoms with Crippen molar-refractivity contribution in [3.05, 3.63) is 47.0 Å². The standard InChI is InChI=1S/C16H17NO4/c1-10-7-13(19)16(2,21)15(20)14(10)17-8-11-5-3-4-6-12(11)9-18/h3-7,18,21H,8-9H2,1-2H3. The third-order valence-corrected chi connectivity index (χ3v) is 3.55. The molecule has 1 aromatic rings. The Balaban J connectivity index is 2.35. The van der Waals surface area contributed by atoms with Crippen molar-refractivity contribution in [2.45, 2.75) is 32.6 Å². The van der Waals surface area contributed by atoms with E-state index in [-0.39, 0.29) is 18.9 Å². The summed E-state index contributed by atoms with van der Waals surface area (Å²) in [5.41, 5.74) is 0.0269. The predicted octanol–water partition coefficient (Wildman–Crippen LogP) is 0.969. The molecule has 2 N–H and O–H groups in total. The highest BCUT2D eigenvalue weighted by Gasteiger charge is 2.43. The van der Waals surface area contributed by atoms with E-state index in [0.29, 0.717) is 5.57 Å². The molecule has 1 unspecified atom stereocenters. The second kappa shape index (κ2) is 5.71. The van der Waals surface area contributed by atoms with Crippen LogP contribution in [0.25, 0.3) is 0 Å². The van der Waals surface area contributed by atoms with Crippen molar-refractivity contribution in [2.75, 3.05) is 0 Å². The number of rotatable bonds is 3. The zero-order valence-electron chi connectivity index (χ0n) is 12.0. The number of Topliss-reactive ketones (excluding diaryl/α,β-unsaturated/α-hetero) is 1. The maximum Gasteiger partial charge on any atom is 0.220 e. The van der Waals surface area contributed by atoms with Gasteiger partial charge in [0.1, 0.15) is 5.71 Å². The molecule has 0 bridgehead atoms. The maximum absolute atomic E-state index is 12.2. The summed E-state index contributed by atoms with van der Waals surface area (Å²) in [5.74, 6) is -1.31. The molecule has 0 radical (unpaired) electrons. The molecule has 5 heteroatoms. The van der Waals surface area contributed by atoms with Crippen LogP contribution in [-0.2, 0) is 22.7 Å². The second-order valence-electron chi connectivity index (χ2n) is 5.18. The number of hydrogen-bond donors (Lipinski definition) is 2. The van der Waals surface area contributed by atoms with E-state index in [0.717, 1.165) is 11.1 Å². The zero-order valence-corrected chi connectivity index (χ0v) is 12.0. The Bertz CT molecular complexity index is 656. The molecule has 110 valence electrons. The van der Waals surface area contributed by atoms with Crippen LogP contribution in [0.5, 0.6) is 0 Å². The van der Waals surface area contributed by atoms with Gasteiger partial charge in [-0.15, -0.1) is 0 Å². The lowest BCUT2D eigenvalue weighted by atomic mass is 9.83. The number of hydrogen-bond acceptors (Lipinski definition) is 5. The summed E-state index contributed by atoms with van der Waals surface area (Å²) >= 11 is 0. The van der Waals surface area contributed by atoms with Gasteiger partial charge in [-0.25, -0.2) is 0 Å². The van der Waals surface area contributed by atoms with Gasteiger partial charge < -0.3 is 10.2 Å². The fourth-order valence-electron chi connectivity index (χ4n) is 2.15. The van der Waals surface area contributed by atoms with Crippen LogP contribution in [0.2, 0.25) is 0 Å². The number of nitrogens with zero attached hydrogens (tertiary/aromatic N) is 1. The third-order valence-electron chi connectivity index (χ3n) is 3.55. The molecule has 0 saturated heterocycles. The normalized spacial score (nSPS) is 24.4. The maximum atomic E-state index is 12.2. The first-order valence-electron chi connectivity index (χ1n) is 6.60. The average Bonchev–Trinajstić information content (AvgIpc) is 2.46.